The lowest BCUT2D eigenvalue weighted by Crippen LogP contribution is -2.17. The Morgan fingerprint density at radius 2 is 1.72 bits per heavy atom. The minimum absolute atomic E-state index is 0.0338. The molecule has 0 fully saturated rings. The van der Waals surface area contributed by atoms with E-state index in [1.807, 2.05) is 49.4 Å². The van der Waals surface area contributed by atoms with Gasteiger partial charge in [-0.05, 0) is 49.7 Å². The summed E-state index contributed by atoms with van der Waals surface area (Å²) in [4.78, 5) is 18.3. The molecule has 2 aromatic heterocycles. The van der Waals surface area contributed by atoms with E-state index < -0.39 is 23.5 Å². The van der Waals surface area contributed by atoms with Crippen molar-refractivity contribution in [1.82, 2.24) is 14.8 Å². The van der Waals surface area contributed by atoms with Crippen LogP contribution < -0.4 is 5.32 Å². The Bertz CT molecular complexity index is 1730. The number of anilines is 1. The van der Waals surface area contributed by atoms with Gasteiger partial charge in [-0.25, -0.2) is 4.98 Å². The first-order valence-corrected chi connectivity index (χ1v) is 12.1. The van der Waals surface area contributed by atoms with Gasteiger partial charge in [0.15, 0.2) is 5.69 Å². The Labute approximate surface area is 222 Å². The van der Waals surface area contributed by atoms with Crippen LogP contribution >= 0.6 is 0 Å². The summed E-state index contributed by atoms with van der Waals surface area (Å²) in [6.45, 7) is 3.38. The number of aromatic nitrogens is 3. The predicted molar refractivity (Wildman–Crippen MR) is 142 cm³/mol. The number of carbonyl (C=O) groups is 1. The fourth-order valence-corrected chi connectivity index (χ4v) is 4.37. The Kier molecular flexibility index (Phi) is 6.62. The van der Waals surface area contributed by atoms with Crippen LogP contribution in [0.4, 0.5) is 18.9 Å². The van der Waals surface area contributed by atoms with Crippen LogP contribution in [-0.2, 0) is 12.7 Å². The number of benzene rings is 3. The van der Waals surface area contributed by atoms with E-state index in [-0.39, 0.29) is 17.8 Å². The highest BCUT2D eigenvalue weighted by atomic mass is 19.4. The second-order valence-corrected chi connectivity index (χ2v) is 9.17. The molecule has 1 N–H and O–H groups in total. The molecule has 0 aliphatic heterocycles. The summed E-state index contributed by atoms with van der Waals surface area (Å²) in [5, 5.41) is 15.8. The number of nitriles is 1. The van der Waals surface area contributed by atoms with Crippen molar-refractivity contribution in [1.29, 1.82) is 5.26 Å². The van der Waals surface area contributed by atoms with Crippen LogP contribution in [0.5, 0.6) is 0 Å². The zero-order valence-electron chi connectivity index (χ0n) is 21.0. The summed E-state index contributed by atoms with van der Waals surface area (Å²) >= 11 is 0. The third-order valence-corrected chi connectivity index (χ3v) is 6.41. The van der Waals surface area contributed by atoms with Crippen molar-refractivity contribution < 1.29 is 18.0 Å². The monoisotopic (exact) mass is 525 g/mol. The van der Waals surface area contributed by atoms with Gasteiger partial charge in [-0.3, -0.25) is 9.48 Å². The normalized spacial score (nSPS) is 11.4. The fraction of sp³-hybridized carbons (Fsp3) is 0.133. The maximum Gasteiger partial charge on any atom is 0.437 e. The molecule has 0 saturated heterocycles. The van der Waals surface area contributed by atoms with Crippen LogP contribution in [-0.4, -0.2) is 20.7 Å². The molecule has 0 aliphatic rings. The molecule has 0 spiro atoms. The largest absolute Gasteiger partial charge is 0.437 e. The van der Waals surface area contributed by atoms with E-state index in [9.17, 15) is 18.0 Å². The maximum atomic E-state index is 14.1. The van der Waals surface area contributed by atoms with E-state index in [0.717, 1.165) is 11.1 Å². The molecule has 0 aliphatic carbocycles. The van der Waals surface area contributed by atoms with Crippen molar-refractivity contribution in [3.63, 3.8) is 0 Å². The number of carbonyl (C=O) groups excluding carboxylic acids is 1. The molecular weight excluding hydrogens is 503 g/mol. The van der Waals surface area contributed by atoms with Gasteiger partial charge in [0, 0.05) is 10.9 Å². The lowest BCUT2D eigenvalue weighted by Gasteiger charge is -2.13. The van der Waals surface area contributed by atoms with Gasteiger partial charge >= 0.3 is 6.18 Å². The molecule has 5 rings (SSSR count). The van der Waals surface area contributed by atoms with E-state index in [2.05, 4.69) is 15.4 Å². The molecule has 194 valence electrons. The number of pyridine rings is 1. The minimum Gasteiger partial charge on any atom is -0.319 e. The molecule has 0 saturated carbocycles. The molecule has 0 unspecified atom stereocenters. The van der Waals surface area contributed by atoms with E-state index in [1.165, 1.54) is 11.6 Å². The van der Waals surface area contributed by atoms with Gasteiger partial charge in [0.2, 0.25) is 0 Å². The Balaban J connectivity index is 1.57. The number of nitrogens with one attached hydrogen (secondary N) is 1. The van der Waals surface area contributed by atoms with E-state index in [4.69, 9.17) is 5.26 Å². The van der Waals surface area contributed by atoms with Gasteiger partial charge in [0.25, 0.3) is 5.91 Å². The molecule has 39 heavy (non-hydrogen) atoms. The molecule has 1 amide bonds. The lowest BCUT2D eigenvalue weighted by atomic mass is 10.0. The van der Waals surface area contributed by atoms with Crippen LogP contribution in [0.2, 0.25) is 0 Å². The van der Waals surface area contributed by atoms with E-state index >= 15 is 0 Å². The van der Waals surface area contributed by atoms with Crippen LogP contribution in [0.15, 0.2) is 78.9 Å². The number of rotatable bonds is 5. The van der Waals surface area contributed by atoms with Crippen LogP contribution in [0.25, 0.3) is 22.2 Å². The van der Waals surface area contributed by atoms with Gasteiger partial charge in [-0.15, -0.1) is 0 Å². The first kappa shape index (κ1) is 25.7. The quantitative estimate of drug-likeness (QED) is 0.270. The summed E-state index contributed by atoms with van der Waals surface area (Å²) in [5.74, 6) is -0.697. The van der Waals surface area contributed by atoms with Gasteiger partial charge in [0.05, 0.1) is 46.3 Å². The highest BCUT2D eigenvalue weighted by Crippen LogP contribution is 2.37. The first-order valence-electron chi connectivity index (χ1n) is 12.1. The lowest BCUT2D eigenvalue weighted by molar-refractivity contribution is -0.140. The van der Waals surface area contributed by atoms with Crippen molar-refractivity contribution in [2.45, 2.75) is 26.6 Å². The average Bonchev–Trinajstić information content (AvgIpc) is 3.24. The number of fused-ring (bicyclic) bond motifs is 1. The second kappa shape index (κ2) is 10.1. The number of halogens is 3. The average molecular weight is 526 g/mol. The Morgan fingerprint density at radius 1 is 1.00 bits per heavy atom. The summed E-state index contributed by atoms with van der Waals surface area (Å²) < 4.78 is 43.3. The topological polar surface area (TPSA) is 83.6 Å². The third kappa shape index (κ3) is 5.22. The minimum atomic E-state index is -4.80. The molecule has 6 nitrogen and oxygen atoms in total. The van der Waals surface area contributed by atoms with Crippen LogP contribution in [0.3, 0.4) is 0 Å². The van der Waals surface area contributed by atoms with E-state index in [0.29, 0.717) is 27.7 Å². The molecule has 0 bridgehead atoms. The van der Waals surface area contributed by atoms with E-state index in [1.54, 1.807) is 42.5 Å². The van der Waals surface area contributed by atoms with Crippen molar-refractivity contribution in [3.05, 3.63) is 113 Å². The highest BCUT2D eigenvalue weighted by Gasteiger charge is 2.39. The molecule has 0 radical (unpaired) electrons. The molecular formula is C30H22F3N5O. The Hall–Kier alpha value is -4.97. The summed E-state index contributed by atoms with van der Waals surface area (Å²) in [7, 11) is 0. The SMILES string of the molecule is Cc1ccc2nc(-c3ccccc3)cc(C(=O)Nc3c(C(F)(F)F)nn(Cc4ccc(C#N)cc4)c3C)c2c1. The van der Waals surface area contributed by atoms with Gasteiger partial charge in [-0.2, -0.15) is 23.5 Å². The molecule has 3 aromatic carbocycles. The summed E-state index contributed by atoms with van der Waals surface area (Å²) in [6.07, 6.45) is -4.80. The summed E-state index contributed by atoms with van der Waals surface area (Å²) in [5.41, 5.74) is 2.61. The molecule has 0 atom stereocenters. The van der Waals surface area contributed by atoms with Gasteiger partial charge in [-0.1, -0.05) is 54.1 Å². The fourth-order valence-electron chi connectivity index (χ4n) is 4.37. The standard InChI is InChI=1S/C30H22F3N5O/c1-18-8-13-25-23(14-18)24(15-26(35-25)22-6-4-3-5-7-22)29(39)36-27-19(2)38(37-28(27)30(31,32)33)17-21-11-9-20(16-34)10-12-21/h3-15H,17H2,1-2H3,(H,36,39). The van der Waals surface area contributed by atoms with Crippen molar-refractivity contribution >= 4 is 22.5 Å². The summed E-state index contributed by atoms with van der Waals surface area (Å²) in [6, 6.07) is 24.8. The van der Waals surface area contributed by atoms with Crippen LogP contribution in [0, 0.1) is 25.2 Å². The van der Waals surface area contributed by atoms with Crippen LogP contribution in [0.1, 0.15) is 38.4 Å². The number of hydrogen-bond donors (Lipinski definition) is 1. The number of aryl methyl sites for hydroxylation is 1. The number of nitrogens with zero attached hydrogens (tertiary/aromatic N) is 4. The predicted octanol–water partition coefficient (Wildman–Crippen LogP) is 6.91. The zero-order chi connectivity index (χ0) is 27.7. The second-order valence-electron chi connectivity index (χ2n) is 9.17. The zero-order valence-corrected chi connectivity index (χ0v) is 21.0. The number of amides is 1. The molecule has 9 heteroatoms. The highest BCUT2D eigenvalue weighted by molar-refractivity contribution is 6.13. The Morgan fingerprint density at radius 3 is 2.38 bits per heavy atom. The smallest absolute Gasteiger partial charge is 0.319 e. The van der Waals surface area contributed by atoms with Crippen molar-refractivity contribution in [2.24, 2.45) is 0 Å². The van der Waals surface area contributed by atoms with Gasteiger partial charge < -0.3 is 5.32 Å². The third-order valence-electron chi connectivity index (χ3n) is 6.41. The molecule has 2 heterocycles. The number of alkyl halides is 3. The van der Waals surface area contributed by atoms with Gasteiger partial charge in [0.1, 0.15) is 0 Å². The number of hydrogen-bond acceptors (Lipinski definition) is 4. The first-order chi connectivity index (χ1) is 18.6. The van der Waals surface area contributed by atoms with Crippen molar-refractivity contribution in [3.8, 4) is 17.3 Å². The maximum absolute atomic E-state index is 14.1. The van der Waals surface area contributed by atoms with Crippen molar-refractivity contribution in [2.75, 3.05) is 5.32 Å². The molecule has 5 aromatic rings.